The number of rotatable bonds is 5. The van der Waals surface area contributed by atoms with Crippen LogP contribution in [0.4, 0.5) is 13.6 Å². The van der Waals surface area contributed by atoms with Gasteiger partial charge >= 0.3 is 6.03 Å². The number of hydrogen-bond donors (Lipinski definition) is 1. The molecule has 7 heteroatoms. The van der Waals surface area contributed by atoms with Crippen LogP contribution < -0.4 is 5.32 Å². The van der Waals surface area contributed by atoms with Crippen LogP contribution in [0.1, 0.15) is 50.5 Å². The van der Waals surface area contributed by atoms with E-state index < -0.39 is 12.0 Å². The van der Waals surface area contributed by atoms with Crippen molar-refractivity contribution in [3.63, 3.8) is 0 Å². The first kappa shape index (κ1) is 22.5. The van der Waals surface area contributed by atoms with Crippen LogP contribution in [0.15, 0.2) is 48.5 Å². The molecule has 0 radical (unpaired) electrons. The van der Waals surface area contributed by atoms with E-state index in [2.05, 4.69) is 5.32 Å². The molecule has 30 heavy (non-hydrogen) atoms. The van der Waals surface area contributed by atoms with Gasteiger partial charge in [0.15, 0.2) is 0 Å². The van der Waals surface area contributed by atoms with Gasteiger partial charge in [-0.15, -0.1) is 0 Å². The van der Waals surface area contributed by atoms with Gasteiger partial charge in [-0.2, -0.15) is 0 Å². The maximum Gasteiger partial charge on any atom is 0.317 e. The summed E-state index contributed by atoms with van der Waals surface area (Å²) in [4.78, 5) is 13.9. The van der Waals surface area contributed by atoms with Crippen LogP contribution in [0, 0.1) is 0 Å². The highest BCUT2D eigenvalue weighted by molar-refractivity contribution is 6.30. The van der Waals surface area contributed by atoms with Gasteiger partial charge in [0, 0.05) is 23.0 Å². The van der Waals surface area contributed by atoms with Crippen LogP contribution in [-0.2, 0) is 10.7 Å². The van der Waals surface area contributed by atoms with Gasteiger partial charge in [-0.25, -0.2) is 13.6 Å². The molecule has 0 spiro atoms. The van der Waals surface area contributed by atoms with Crippen molar-refractivity contribution in [2.45, 2.75) is 51.4 Å². The zero-order chi connectivity index (χ0) is 22.1. The zero-order valence-electron chi connectivity index (χ0n) is 17.6. The number of halogens is 3. The summed E-state index contributed by atoms with van der Waals surface area (Å²) in [6, 6.07) is 13.2. The molecule has 4 nitrogen and oxygen atoms in total. The highest BCUT2D eigenvalue weighted by Gasteiger charge is 2.37. The van der Waals surface area contributed by atoms with Gasteiger partial charge in [-0.1, -0.05) is 48.0 Å². The zero-order valence-corrected chi connectivity index (χ0v) is 18.3. The average Bonchev–Trinajstić information content (AvgIpc) is 2.59. The Labute approximate surface area is 181 Å². The molecule has 0 unspecified atom stereocenters. The van der Waals surface area contributed by atoms with Gasteiger partial charge in [0.1, 0.15) is 6.10 Å². The SMILES string of the molecule is CC(C)(C)NC(=O)N1CC(O[C@H](c2ccc(Cl)cc2)c2ccccc2C(C)(F)F)C1. The van der Waals surface area contributed by atoms with Gasteiger partial charge in [0.25, 0.3) is 5.92 Å². The molecular formula is C23H27ClF2N2O2. The van der Waals surface area contributed by atoms with E-state index in [0.717, 1.165) is 12.5 Å². The fourth-order valence-electron chi connectivity index (χ4n) is 3.38. The predicted octanol–water partition coefficient (Wildman–Crippen LogP) is 5.75. The third-order valence-electron chi connectivity index (χ3n) is 4.83. The molecule has 0 aromatic heterocycles. The summed E-state index contributed by atoms with van der Waals surface area (Å²) < 4.78 is 34.8. The first-order valence-electron chi connectivity index (χ1n) is 9.89. The fraction of sp³-hybridized carbons (Fsp3) is 0.435. The lowest BCUT2D eigenvalue weighted by Gasteiger charge is -2.42. The van der Waals surface area contributed by atoms with E-state index >= 15 is 0 Å². The van der Waals surface area contributed by atoms with Gasteiger partial charge in [0.05, 0.1) is 19.2 Å². The third-order valence-corrected chi connectivity index (χ3v) is 5.09. The third kappa shape index (κ3) is 5.49. The number of amides is 2. The molecule has 1 saturated heterocycles. The van der Waals surface area contributed by atoms with Crippen molar-refractivity contribution in [1.29, 1.82) is 0 Å². The lowest BCUT2D eigenvalue weighted by Crippen LogP contribution is -2.60. The summed E-state index contributed by atoms with van der Waals surface area (Å²) in [5.74, 6) is -3.01. The molecule has 2 amide bonds. The average molecular weight is 437 g/mol. The molecule has 1 N–H and O–H groups in total. The standard InChI is InChI=1S/C23H27ClF2N2O2/c1-22(2,3)27-21(29)28-13-17(14-28)30-20(15-9-11-16(24)12-10-15)18-7-5-6-8-19(18)23(4,25)26/h5-12,17,20H,13-14H2,1-4H3,(H,27,29)/t20-/m1/s1. The quantitative estimate of drug-likeness (QED) is 0.648. The van der Waals surface area contributed by atoms with Crippen molar-refractivity contribution in [2.24, 2.45) is 0 Å². The second-order valence-electron chi connectivity index (χ2n) is 8.75. The molecular weight excluding hydrogens is 410 g/mol. The molecule has 0 aliphatic carbocycles. The van der Waals surface area contributed by atoms with Crippen molar-refractivity contribution >= 4 is 17.6 Å². The van der Waals surface area contributed by atoms with E-state index in [0.29, 0.717) is 23.7 Å². The lowest BCUT2D eigenvalue weighted by molar-refractivity contribution is -0.0675. The van der Waals surface area contributed by atoms with Crippen molar-refractivity contribution in [3.05, 3.63) is 70.2 Å². The second kappa shape index (κ2) is 8.52. The largest absolute Gasteiger partial charge is 0.362 e. The molecule has 1 heterocycles. The number of nitrogens with zero attached hydrogens (tertiary/aromatic N) is 1. The summed E-state index contributed by atoms with van der Waals surface area (Å²) in [6.45, 7) is 7.42. The Bertz CT molecular complexity index is 885. The minimum absolute atomic E-state index is 0.0772. The van der Waals surface area contributed by atoms with E-state index in [1.165, 1.54) is 6.07 Å². The molecule has 2 aromatic carbocycles. The van der Waals surface area contributed by atoms with Crippen LogP contribution in [0.5, 0.6) is 0 Å². The summed E-state index contributed by atoms with van der Waals surface area (Å²) >= 11 is 6.01. The Kier molecular flexibility index (Phi) is 6.39. The monoisotopic (exact) mass is 436 g/mol. The fourth-order valence-corrected chi connectivity index (χ4v) is 3.50. The molecule has 1 aliphatic heterocycles. The van der Waals surface area contributed by atoms with E-state index in [4.69, 9.17) is 16.3 Å². The highest BCUT2D eigenvalue weighted by atomic mass is 35.5. The van der Waals surface area contributed by atoms with Crippen molar-refractivity contribution < 1.29 is 18.3 Å². The van der Waals surface area contributed by atoms with Gasteiger partial charge in [-0.05, 0) is 44.0 Å². The Morgan fingerprint density at radius 2 is 1.70 bits per heavy atom. The van der Waals surface area contributed by atoms with Gasteiger partial charge < -0.3 is 15.0 Å². The molecule has 3 rings (SSSR count). The minimum atomic E-state index is -3.01. The maximum absolute atomic E-state index is 14.3. The van der Waals surface area contributed by atoms with Crippen LogP contribution in [0.2, 0.25) is 5.02 Å². The summed E-state index contributed by atoms with van der Waals surface area (Å²) in [5, 5.41) is 3.47. The normalized spacial score (nSPS) is 16.2. The number of urea groups is 1. The van der Waals surface area contributed by atoms with Crippen molar-refractivity contribution in [3.8, 4) is 0 Å². The first-order chi connectivity index (χ1) is 13.9. The van der Waals surface area contributed by atoms with E-state index in [1.807, 2.05) is 20.8 Å². The highest BCUT2D eigenvalue weighted by Crippen LogP contribution is 2.38. The van der Waals surface area contributed by atoms with Crippen LogP contribution in [0.25, 0.3) is 0 Å². The second-order valence-corrected chi connectivity index (χ2v) is 9.19. The van der Waals surface area contributed by atoms with Crippen LogP contribution >= 0.6 is 11.6 Å². The molecule has 1 fully saturated rings. The summed E-state index contributed by atoms with van der Waals surface area (Å²) in [6.07, 6.45) is -0.947. The number of nitrogens with one attached hydrogen (secondary N) is 1. The van der Waals surface area contributed by atoms with Crippen LogP contribution in [0.3, 0.4) is 0 Å². The summed E-state index contributed by atoms with van der Waals surface area (Å²) in [7, 11) is 0. The number of hydrogen-bond acceptors (Lipinski definition) is 2. The van der Waals surface area contributed by atoms with Crippen LogP contribution in [-0.4, -0.2) is 35.7 Å². The van der Waals surface area contributed by atoms with Crippen molar-refractivity contribution in [2.75, 3.05) is 13.1 Å². The minimum Gasteiger partial charge on any atom is -0.362 e. The number of carbonyl (C=O) groups excluding carboxylic acids is 1. The number of alkyl halides is 2. The van der Waals surface area contributed by atoms with Gasteiger partial charge in [0.2, 0.25) is 0 Å². The Balaban J connectivity index is 1.82. The predicted molar refractivity (Wildman–Crippen MR) is 114 cm³/mol. The summed E-state index contributed by atoms with van der Waals surface area (Å²) in [5.41, 5.74) is 0.728. The molecule has 162 valence electrons. The topological polar surface area (TPSA) is 41.6 Å². The molecule has 1 atom stereocenters. The molecule has 2 aromatic rings. The Morgan fingerprint density at radius 1 is 1.10 bits per heavy atom. The van der Waals surface area contributed by atoms with Gasteiger partial charge in [-0.3, -0.25) is 0 Å². The van der Waals surface area contributed by atoms with E-state index in [1.54, 1.807) is 47.4 Å². The Morgan fingerprint density at radius 3 is 2.27 bits per heavy atom. The molecule has 1 aliphatic rings. The number of benzene rings is 2. The van der Waals surface area contributed by atoms with E-state index in [-0.39, 0.29) is 23.2 Å². The smallest absolute Gasteiger partial charge is 0.317 e. The van der Waals surface area contributed by atoms with E-state index in [9.17, 15) is 13.6 Å². The Hall–Kier alpha value is -2.18. The number of likely N-dealkylation sites (tertiary alicyclic amines) is 1. The number of ether oxygens (including phenoxy) is 1. The maximum atomic E-state index is 14.3. The lowest BCUT2D eigenvalue weighted by atomic mass is 9.93. The first-order valence-corrected chi connectivity index (χ1v) is 10.3. The molecule has 0 bridgehead atoms. The molecule has 0 saturated carbocycles. The van der Waals surface area contributed by atoms with Crippen molar-refractivity contribution in [1.82, 2.24) is 10.2 Å². The number of carbonyl (C=O) groups is 1.